The molecule has 5 nitrogen and oxygen atoms in total. The molecule has 0 saturated heterocycles. The highest BCUT2D eigenvalue weighted by Crippen LogP contribution is 2.09. The molecule has 2 heterocycles. The molecular weight excluding hydrogens is 240 g/mol. The van der Waals surface area contributed by atoms with Crippen molar-refractivity contribution in [3.05, 3.63) is 35.0 Å². The third kappa shape index (κ3) is 2.87. The van der Waals surface area contributed by atoms with E-state index in [9.17, 15) is 0 Å². The highest BCUT2D eigenvalue weighted by atomic mass is 35.5. The second-order valence-electron chi connectivity index (χ2n) is 3.73. The minimum atomic E-state index is 0.588. The maximum Gasteiger partial charge on any atom is 0.208 e. The van der Waals surface area contributed by atoms with Crippen LogP contribution in [-0.4, -0.2) is 14.5 Å². The van der Waals surface area contributed by atoms with Crippen molar-refractivity contribution in [2.24, 2.45) is 7.05 Å². The molecule has 1 N–H and O–H groups in total. The van der Waals surface area contributed by atoms with Crippen LogP contribution in [0.5, 0.6) is 0 Å². The molecule has 0 aliphatic heterocycles. The van der Waals surface area contributed by atoms with Crippen molar-refractivity contribution in [3.8, 4) is 0 Å². The van der Waals surface area contributed by atoms with Gasteiger partial charge in [-0.25, -0.2) is 9.97 Å². The van der Waals surface area contributed by atoms with Crippen molar-refractivity contribution in [3.63, 3.8) is 0 Å². The number of aryl methyl sites for hydroxylation is 1. The number of oxazole rings is 1. The van der Waals surface area contributed by atoms with Crippen LogP contribution in [0.25, 0.3) is 0 Å². The van der Waals surface area contributed by atoms with Crippen LogP contribution in [0.2, 0.25) is 5.15 Å². The van der Waals surface area contributed by atoms with Crippen molar-refractivity contribution >= 4 is 11.6 Å². The number of aromatic nitrogens is 3. The third-order valence-corrected chi connectivity index (χ3v) is 2.89. The minimum absolute atomic E-state index is 0.588. The Morgan fingerprint density at radius 2 is 2.18 bits per heavy atom. The fourth-order valence-electron chi connectivity index (χ4n) is 1.46. The van der Waals surface area contributed by atoms with E-state index in [1.807, 2.05) is 18.5 Å². The van der Waals surface area contributed by atoms with Crippen LogP contribution in [0.3, 0.4) is 0 Å². The monoisotopic (exact) mass is 254 g/mol. The average molecular weight is 255 g/mol. The van der Waals surface area contributed by atoms with Crippen LogP contribution in [0.4, 0.5) is 0 Å². The fraction of sp³-hybridized carbons (Fsp3) is 0.455. The first-order chi connectivity index (χ1) is 8.20. The van der Waals surface area contributed by atoms with Crippen LogP contribution in [0.15, 0.2) is 16.8 Å². The third-order valence-electron chi connectivity index (χ3n) is 2.54. The number of nitrogens with one attached hydrogen (secondary N) is 1. The highest BCUT2D eigenvalue weighted by molar-refractivity contribution is 6.29. The molecule has 0 unspecified atom stereocenters. The molecule has 0 atom stereocenters. The van der Waals surface area contributed by atoms with E-state index in [-0.39, 0.29) is 0 Å². The highest BCUT2D eigenvalue weighted by Gasteiger charge is 2.05. The van der Waals surface area contributed by atoms with E-state index in [0.717, 1.165) is 18.0 Å². The topological polar surface area (TPSA) is 55.9 Å². The zero-order valence-electron chi connectivity index (χ0n) is 9.90. The Morgan fingerprint density at radius 3 is 2.76 bits per heavy atom. The lowest BCUT2D eigenvalue weighted by atomic mass is 10.4. The molecule has 2 aromatic rings. The second kappa shape index (κ2) is 5.33. The summed E-state index contributed by atoms with van der Waals surface area (Å²) in [5, 5.41) is 3.84. The van der Waals surface area contributed by atoms with Gasteiger partial charge in [-0.15, -0.1) is 0 Å². The lowest BCUT2D eigenvalue weighted by Crippen LogP contribution is -2.16. The van der Waals surface area contributed by atoms with Crippen molar-refractivity contribution < 1.29 is 4.42 Å². The number of hydrogen-bond acceptors (Lipinski definition) is 4. The summed E-state index contributed by atoms with van der Waals surface area (Å²) in [7, 11) is 1.88. The van der Waals surface area contributed by atoms with Gasteiger partial charge in [-0.05, 0) is 0 Å². The van der Waals surface area contributed by atoms with E-state index in [4.69, 9.17) is 16.0 Å². The van der Waals surface area contributed by atoms with E-state index in [0.29, 0.717) is 24.1 Å². The number of nitrogens with zero attached hydrogens (tertiary/aromatic N) is 3. The van der Waals surface area contributed by atoms with Crippen molar-refractivity contribution in [2.75, 3.05) is 0 Å². The molecular formula is C11H15ClN4O. The van der Waals surface area contributed by atoms with Gasteiger partial charge in [0.15, 0.2) is 0 Å². The number of imidazole rings is 1. The summed E-state index contributed by atoms with van der Waals surface area (Å²) in [6, 6.07) is 0. The Morgan fingerprint density at radius 1 is 1.35 bits per heavy atom. The fourth-order valence-corrected chi connectivity index (χ4v) is 1.61. The first-order valence-corrected chi connectivity index (χ1v) is 5.89. The number of hydrogen-bond donors (Lipinski definition) is 1. The molecule has 0 bridgehead atoms. The Labute approximate surface area is 105 Å². The molecule has 0 amide bonds. The maximum absolute atomic E-state index is 5.89. The molecule has 17 heavy (non-hydrogen) atoms. The Bertz CT molecular complexity index is 491. The van der Waals surface area contributed by atoms with Crippen LogP contribution in [0.1, 0.15) is 24.4 Å². The van der Waals surface area contributed by atoms with Crippen LogP contribution in [-0.2, 0) is 26.6 Å². The van der Waals surface area contributed by atoms with E-state index >= 15 is 0 Å². The SMILES string of the molecule is CCc1cnc(CNCc2ncc(Cl)n2C)o1. The summed E-state index contributed by atoms with van der Waals surface area (Å²) >= 11 is 5.89. The van der Waals surface area contributed by atoms with E-state index in [1.54, 1.807) is 12.4 Å². The van der Waals surface area contributed by atoms with E-state index < -0.39 is 0 Å². The van der Waals surface area contributed by atoms with E-state index in [2.05, 4.69) is 15.3 Å². The minimum Gasteiger partial charge on any atom is -0.444 e. The normalized spacial score (nSPS) is 11.0. The summed E-state index contributed by atoms with van der Waals surface area (Å²) in [6.07, 6.45) is 4.26. The summed E-state index contributed by atoms with van der Waals surface area (Å²) in [5.41, 5.74) is 0. The maximum atomic E-state index is 5.89. The molecule has 0 radical (unpaired) electrons. The molecule has 0 aliphatic carbocycles. The molecule has 0 saturated carbocycles. The number of rotatable bonds is 5. The van der Waals surface area contributed by atoms with Gasteiger partial charge in [0.1, 0.15) is 16.7 Å². The van der Waals surface area contributed by atoms with Gasteiger partial charge in [0.05, 0.1) is 25.5 Å². The van der Waals surface area contributed by atoms with Crippen LogP contribution in [0, 0.1) is 0 Å². The quantitative estimate of drug-likeness (QED) is 0.886. The predicted molar refractivity (Wildman–Crippen MR) is 64.6 cm³/mol. The summed E-state index contributed by atoms with van der Waals surface area (Å²) < 4.78 is 7.31. The zero-order chi connectivity index (χ0) is 12.3. The average Bonchev–Trinajstić information content (AvgIpc) is 2.90. The van der Waals surface area contributed by atoms with Crippen molar-refractivity contribution in [1.82, 2.24) is 19.9 Å². The van der Waals surface area contributed by atoms with Gasteiger partial charge >= 0.3 is 0 Å². The van der Waals surface area contributed by atoms with Crippen molar-refractivity contribution in [1.29, 1.82) is 0 Å². The Hall–Kier alpha value is -1.33. The smallest absolute Gasteiger partial charge is 0.208 e. The van der Waals surface area contributed by atoms with Crippen LogP contribution < -0.4 is 5.32 Å². The van der Waals surface area contributed by atoms with E-state index in [1.165, 1.54) is 0 Å². The Kier molecular flexibility index (Phi) is 3.81. The first-order valence-electron chi connectivity index (χ1n) is 5.51. The second-order valence-corrected chi connectivity index (χ2v) is 4.12. The van der Waals surface area contributed by atoms with Gasteiger partial charge < -0.3 is 14.3 Å². The Balaban J connectivity index is 1.85. The molecule has 0 aromatic carbocycles. The molecule has 6 heteroatoms. The molecule has 2 aromatic heterocycles. The van der Waals surface area contributed by atoms with Gasteiger partial charge in [0.2, 0.25) is 5.89 Å². The molecule has 0 fully saturated rings. The van der Waals surface area contributed by atoms with Crippen molar-refractivity contribution in [2.45, 2.75) is 26.4 Å². The van der Waals surface area contributed by atoms with Gasteiger partial charge in [0.25, 0.3) is 0 Å². The number of halogens is 1. The summed E-state index contributed by atoms with van der Waals surface area (Å²) in [6.45, 7) is 3.26. The van der Waals surface area contributed by atoms with Crippen LogP contribution >= 0.6 is 11.6 Å². The molecule has 0 spiro atoms. The molecule has 0 aliphatic rings. The van der Waals surface area contributed by atoms with Gasteiger partial charge in [0, 0.05) is 13.5 Å². The standard InChI is InChI=1S/C11H15ClN4O/c1-3-8-4-15-11(17-8)7-13-6-10-14-5-9(12)16(10)2/h4-5,13H,3,6-7H2,1-2H3. The largest absolute Gasteiger partial charge is 0.444 e. The summed E-state index contributed by atoms with van der Waals surface area (Å²) in [5.74, 6) is 2.49. The molecule has 92 valence electrons. The van der Waals surface area contributed by atoms with Gasteiger partial charge in [-0.2, -0.15) is 0 Å². The zero-order valence-corrected chi connectivity index (χ0v) is 10.7. The van der Waals surface area contributed by atoms with Gasteiger partial charge in [-0.1, -0.05) is 18.5 Å². The summed E-state index contributed by atoms with van der Waals surface area (Å²) in [4.78, 5) is 8.35. The van der Waals surface area contributed by atoms with Gasteiger partial charge in [-0.3, -0.25) is 0 Å². The lowest BCUT2D eigenvalue weighted by Gasteiger charge is -2.03. The molecule has 2 rings (SSSR count). The predicted octanol–water partition coefficient (Wildman–Crippen LogP) is 1.91. The first kappa shape index (κ1) is 12.1. The lowest BCUT2D eigenvalue weighted by molar-refractivity contribution is 0.436.